The highest BCUT2D eigenvalue weighted by molar-refractivity contribution is 7.80. The molecule has 0 aliphatic heterocycles. The van der Waals surface area contributed by atoms with E-state index >= 15 is 0 Å². The number of terminal acetylenes is 1. The summed E-state index contributed by atoms with van der Waals surface area (Å²) >= 11 is 16.7. The lowest BCUT2D eigenvalue weighted by Crippen LogP contribution is -2.37. The van der Waals surface area contributed by atoms with Gasteiger partial charge >= 0.3 is 0 Å². The zero-order valence-electron chi connectivity index (χ0n) is 13.4. The molecule has 2 aromatic rings. The fraction of sp³-hybridized carbons (Fsp3) is 0.176. The first-order valence-corrected chi connectivity index (χ1v) is 8.27. The quantitative estimate of drug-likeness (QED) is 0.447. The number of ether oxygens (including phenoxy) is 1. The molecule has 0 fully saturated rings. The minimum atomic E-state index is -0.890. The zero-order chi connectivity index (χ0) is 18.6. The number of hydrogen-bond acceptors (Lipinski definition) is 3. The van der Waals surface area contributed by atoms with Gasteiger partial charge in [0.25, 0.3) is 0 Å². The number of hydrogen-bond donors (Lipinski definition) is 1. The highest BCUT2D eigenvalue weighted by atomic mass is 35.5. The molecule has 25 heavy (non-hydrogen) atoms. The Labute approximate surface area is 160 Å². The molecule has 1 N–H and O–H groups in total. The first-order valence-electron chi connectivity index (χ1n) is 7.11. The van der Waals surface area contributed by atoms with Crippen molar-refractivity contribution < 1.29 is 9.13 Å². The number of benzene rings is 1. The fourth-order valence-corrected chi connectivity index (χ4v) is 2.27. The normalized spacial score (nSPS) is 11.4. The van der Waals surface area contributed by atoms with E-state index in [-0.39, 0.29) is 22.0 Å². The Morgan fingerprint density at radius 1 is 1.40 bits per heavy atom. The second-order valence-electron chi connectivity index (χ2n) is 5.06. The predicted molar refractivity (Wildman–Crippen MR) is 103 cm³/mol. The lowest BCUT2D eigenvalue weighted by Gasteiger charge is -2.24. The molecule has 1 aromatic heterocycles. The van der Waals surface area contributed by atoms with E-state index in [2.05, 4.69) is 16.2 Å². The Morgan fingerprint density at radius 2 is 2.04 bits per heavy atom. The Bertz CT molecular complexity index is 801. The van der Waals surface area contributed by atoms with Crippen LogP contribution in [0, 0.1) is 18.3 Å². The van der Waals surface area contributed by atoms with E-state index in [0.29, 0.717) is 10.9 Å². The summed E-state index contributed by atoms with van der Waals surface area (Å²) in [5.41, 5.74) is 0.752. The minimum absolute atomic E-state index is 0.00529. The van der Waals surface area contributed by atoms with Crippen LogP contribution in [0.2, 0.25) is 10.0 Å². The van der Waals surface area contributed by atoms with Gasteiger partial charge in [0.2, 0.25) is 11.8 Å². The molecule has 0 spiro atoms. The molecule has 130 valence electrons. The Morgan fingerprint density at radius 3 is 2.60 bits per heavy atom. The molecule has 0 aliphatic rings. The Kier molecular flexibility index (Phi) is 6.43. The van der Waals surface area contributed by atoms with Crippen molar-refractivity contribution in [1.82, 2.24) is 9.88 Å². The summed E-state index contributed by atoms with van der Waals surface area (Å²) in [6.07, 6.45) is 5.38. The number of thiocarbonyl (C=S) groups is 1. The second-order valence-corrected chi connectivity index (χ2v) is 6.23. The molecule has 0 aliphatic carbocycles. The van der Waals surface area contributed by atoms with Gasteiger partial charge in [0.1, 0.15) is 10.8 Å². The van der Waals surface area contributed by atoms with Crippen LogP contribution in [0.1, 0.15) is 6.92 Å². The van der Waals surface area contributed by atoms with Gasteiger partial charge in [0.05, 0.1) is 11.1 Å². The molecule has 0 saturated heterocycles. The molecule has 2 rings (SSSR count). The van der Waals surface area contributed by atoms with Gasteiger partial charge in [-0.1, -0.05) is 29.1 Å². The van der Waals surface area contributed by atoms with Gasteiger partial charge in [0.15, 0.2) is 5.11 Å². The van der Waals surface area contributed by atoms with Crippen molar-refractivity contribution in [2.24, 2.45) is 0 Å². The van der Waals surface area contributed by atoms with Crippen molar-refractivity contribution in [1.29, 1.82) is 0 Å². The number of halogens is 3. The summed E-state index contributed by atoms with van der Waals surface area (Å²) in [6, 6.07) is 8.08. The molecule has 0 radical (unpaired) electrons. The Hall–Kier alpha value is -2.07. The van der Waals surface area contributed by atoms with Crippen LogP contribution in [-0.2, 0) is 0 Å². The summed E-state index contributed by atoms with van der Waals surface area (Å²) in [7, 11) is 1.81. The first-order chi connectivity index (χ1) is 11.8. The van der Waals surface area contributed by atoms with Crippen LogP contribution >= 0.6 is 35.4 Å². The van der Waals surface area contributed by atoms with Crippen molar-refractivity contribution in [3.8, 4) is 24.0 Å². The number of anilines is 1. The van der Waals surface area contributed by atoms with Crippen LogP contribution < -0.4 is 10.1 Å². The van der Waals surface area contributed by atoms with Crippen LogP contribution in [0.4, 0.5) is 10.1 Å². The minimum Gasteiger partial charge on any atom is -0.439 e. The molecule has 1 atom stereocenters. The van der Waals surface area contributed by atoms with Gasteiger partial charge in [0, 0.05) is 18.8 Å². The van der Waals surface area contributed by atoms with Gasteiger partial charge in [-0.2, -0.15) is 9.37 Å². The summed E-state index contributed by atoms with van der Waals surface area (Å²) in [5, 5.41) is 3.34. The lowest BCUT2D eigenvalue weighted by atomic mass is 10.3. The fourth-order valence-electron chi connectivity index (χ4n) is 1.73. The average Bonchev–Trinajstić information content (AvgIpc) is 2.59. The maximum Gasteiger partial charge on any atom is 0.236 e. The van der Waals surface area contributed by atoms with Crippen molar-refractivity contribution >= 4 is 46.2 Å². The zero-order valence-corrected chi connectivity index (χ0v) is 15.7. The summed E-state index contributed by atoms with van der Waals surface area (Å²) < 4.78 is 18.9. The van der Waals surface area contributed by atoms with Crippen molar-refractivity contribution in [3.63, 3.8) is 0 Å². The van der Waals surface area contributed by atoms with E-state index in [1.165, 1.54) is 6.07 Å². The lowest BCUT2D eigenvalue weighted by molar-refractivity contribution is 0.445. The number of nitrogens with zero attached hydrogens (tertiary/aromatic N) is 2. The molecule has 0 saturated carbocycles. The number of aromatic nitrogens is 1. The average molecular weight is 398 g/mol. The van der Waals surface area contributed by atoms with Crippen LogP contribution in [0.15, 0.2) is 30.3 Å². The monoisotopic (exact) mass is 397 g/mol. The number of rotatable bonds is 4. The molecular formula is C17H14Cl2FN3OS. The second kappa shape index (κ2) is 8.34. The molecule has 1 heterocycles. The highest BCUT2D eigenvalue weighted by Gasteiger charge is 2.12. The first kappa shape index (κ1) is 19.3. The molecular weight excluding hydrogens is 384 g/mol. The maximum atomic E-state index is 13.5. The topological polar surface area (TPSA) is 37.4 Å². The molecule has 0 bridgehead atoms. The SMILES string of the molecule is C#CC(C)N(C)C(=S)Nc1ccc(Oc2cc(Cl)c(Cl)c(F)n2)cc1. The van der Waals surface area contributed by atoms with Crippen molar-refractivity contribution in [2.45, 2.75) is 13.0 Å². The number of nitrogens with one attached hydrogen (secondary N) is 1. The summed E-state index contributed by atoms with van der Waals surface area (Å²) in [5.74, 6) is 2.17. The Balaban J connectivity index is 2.05. The molecule has 8 heteroatoms. The third-order valence-electron chi connectivity index (χ3n) is 3.32. The summed E-state index contributed by atoms with van der Waals surface area (Å²) in [4.78, 5) is 5.35. The third kappa shape index (κ3) is 4.95. The van der Waals surface area contributed by atoms with Crippen LogP contribution in [0.25, 0.3) is 0 Å². The van der Waals surface area contributed by atoms with Gasteiger partial charge in [-0.15, -0.1) is 6.42 Å². The summed E-state index contributed by atoms with van der Waals surface area (Å²) in [6.45, 7) is 1.87. The third-order valence-corrected chi connectivity index (χ3v) is 4.46. The molecule has 1 unspecified atom stereocenters. The van der Waals surface area contributed by atoms with E-state index in [4.69, 9.17) is 46.6 Å². The number of pyridine rings is 1. The van der Waals surface area contributed by atoms with Crippen molar-refractivity contribution in [2.75, 3.05) is 12.4 Å². The van der Waals surface area contributed by atoms with Gasteiger partial charge in [-0.05, 0) is 43.4 Å². The van der Waals surface area contributed by atoms with E-state index < -0.39 is 5.95 Å². The smallest absolute Gasteiger partial charge is 0.236 e. The van der Waals surface area contributed by atoms with Crippen molar-refractivity contribution in [3.05, 3.63) is 46.3 Å². The van der Waals surface area contributed by atoms with E-state index in [0.717, 1.165) is 5.69 Å². The molecule has 4 nitrogen and oxygen atoms in total. The van der Waals surface area contributed by atoms with Gasteiger partial charge < -0.3 is 15.0 Å². The highest BCUT2D eigenvalue weighted by Crippen LogP contribution is 2.29. The van der Waals surface area contributed by atoms with Crippen LogP contribution in [0.3, 0.4) is 0 Å². The molecule has 1 aromatic carbocycles. The largest absolute Gasteiger partial charge is 0.439 e. The van der Waals surface area contributed by atoms with E-state index in [1.54, 1.807) is 29.2 Å². The maximum absolute atomic E-state index is 13.5. The van der Waals surface area contributed by atoms with E-state index in [9.17, 15) is 4.39 Å². The molecule has 0 amide bonds. The predicted octanol–water partition coefficient (Wildman–Crippen LogP) is 4.97. The standard InChI is InChI=1S/C17H14Cl2FN3OS/c1-4-10(2)23(3)17(25)21-11-5-7-12(8-6-11)24-14-9-13(18)15(19)16(20)22-14/h1,5-10H,2-3H3,(H,21,25). The van der Waals surface area contributed by atoms with E-state index in [1.807, 2.05) is 14.0 Å². The van der Waals surface area contributed by atoms with Crippen LogP contribution in [-0.4, -0.2) is 28.1 Å². The van der Waals surface area contributed by atoms with Gasteiger partial charge in [-0.3, -0.25) is 0 Å². The van der Waals surface area contributed by atoms with Gasteiger partial charge in [-0.25, -0.2) is 0 Å². The van der Waals surface area contributed by atoms with Crippen LogP contribution in [0.5, 0.6) is 11.6 Å².